The molecule has 0 saturated heterocycles. The molecule has 2 rings (SSSR count). The standard InChI is InChI=1S/C16H13F2IO6S/c1-15(2,19)13(20)24-11-7-8-12(10-6-4-3-5-9(10)11)25-14(21)16(17,18)26(22)23/h3-8H,1-2H3,(H,22,23)/p-1. The minimum absolute atomic E-state index is 0.148. The lowest BCUT2D eigenvalue weighted by molar-refractivity contribution is -0.150. The van der Waals surface area contributed by atoms with Gasteiger partial charge in [-0.15, -0.1) is 0 Å². The number of halogens is 3. The van der Waals surface area contributed by atoms with Crippen LogP contribution in [0.15, 0.2) is 36.4 Å². The topological polar surface area (TPSA) is 92.7 Å². The minimum Gasteiger partial charge on any atom is -0.767 e. The van der Waals surface area contributed by atoms with Gasteiger partial charge in [0.15, 0.2) is 0 Å². The third-order valence-corrected chi connectivity index (χ3v) is 4.21. The van der Waals surface area contributed by atoms with Gasteiger partial charge in [0.25, 0.3) is 0 Å². The molecular formula is C16H12F2IO6S-. The Hall–Kier alpha value is -1.66. The van der Waals surface area contributed by atoms with Gasteiger partial charge in [-0.3, -0.25) is 9.00 Å². The molecular weight excluding hydrogens is 485 g/mol. The monoisotopic (exact) mass is 497 g/mol. The van der Waals surface area contributed by atoms with Crippen LogP contribution in [0.3, 0.4) is 0 Å². The largest absolute Gasteiger partial charge is 0.767 e. The molecule has 6 nitrogen and oxygen atoms in total. The number of benzene rings is 2. The van der Waals surface area contributed by atoms with E-state index in [0.29, 0.717) is 5.39 Å². The van der Waals surface area contributed by atoms with E-state index in [1.54, 1.807) is 32.0 Å². The Bertz CT molecular complexity index is 894. The smallest absolute Gasteiger partial charge is 0.404 e. The number of hydrogen-bond acceptors (Lipinski definition) is 6. The predicted molar refractivity (Wildman–Crippen MR) is 97.2 cm³/mol. The van der Waals surface area contributed by atoms with Crippen LogP contribution in [0.5, 0.6) is 11.5 Å². The zero-order valence-electron chi connectivity index (χ0n) is 13.5. The number of hydrogen-bond donors (Lipinski definition) is 0. The van der Waals surface area contributed by atoms with E-state index in [9.17, 15) is 27.1 Å². The fourth-order valence-electron chi connectivity index (χ4n) is 1.87. The van der Waals surface area contributed by atoms with Gasteiger partial charge in [0.2, 0.25) is 0 Å². The van der Waals surface area contributed by atoms with Crippen LogP contribution in [0.25, 0.3) is 10.8 Å². The molecule has 0 spiro atoms. The molecule has 0 aliphatic heterocycles. The van der Waals surface area contributed by atoms with E-state index >= 15 is 0 Å². The fourth-order valence-corrected chi connectivity index (χ4v) is 2.16. The van der Waals surface area contributed by atoms with Crippen LogP contribution in [-0.2, 0) is 20.7 Å². The summed E-state index contributed by atoms with van der Waals surface area (Å²) in [5, 5.41) is -4.15. The number of fused-ring (bicyclic) bond motifs is 1. The van der Waals surface area contributed by atoms with Crippen LogP contribution < -0.4 is 9.47 Å². The van der Waals surface area contributed by atoms with E-state index < -0.39 is 31.7 Å². The zero-order chi connectivity index (χ0) is 19.7. The second-order valence-electron chi connectivity index (χ2n) is 5.61. The van der Waals surface area contributed by atoms with Crippen molar-refractivity contribution >= 4 is 56.4 Å². The second kappa shape index (κ2) is 7.53. The highest BCUT2D eigenvalue weighted by Gasteiger charge is 2.43. The molecule has 1 atom stereocenters. The Morgan fingerprint density at radius 3 is 1.81 bits per heavy atom. The minimum atomic E-state index is -4.68. The van der Waals surface area contributed by atoms with Crippen molar-refractivity contribution in [1.82, 2.24) is 0 Å². The summed E-state index contributed by atoms with van der Waals surface area (Å²) in [5.41, 5.74) is 0. The Labute approximate surface area is 163 Å². The van der Waals surface area contributed by atoms with Crippen molar-refractivity contribution in [2.24, 2.45) is 0 Å². The highest BCUT2D eigenvalue weighted by atomic mass is 127. The van der Waals surface area contributed by atoms with Gasteiger partial charge in [-0.05, 0) is 26.0 Å². The van der Waals surface area contributed by atoms with Gasteiger partial charge in [-0.1, -0.05) is 46.9 Å². The lowest BCUT2D eigenvalue weighted by Crippen LogP contribution is -2.37. The van der Waals surface area contributed by atoms with Gasteiger partial charge in [-0.25, -0.2) is 4.79 Å². The van der Waals surface area contributed by atoms with Crippen LogP contribution in [0.1, 0.15) is 13.8 Å². The number of ether oxygens (including phenoxy) is 2. The third kappa shape index (κ3) is 4.35. The first-order valence-corrected chi connectivity index (χ1v) is 9.22. The van der Waals surface area contributed by atoms with Gasteiger partial charge in [0.1, 0.15) is 14.9 Å². The average Bonchev–Trinajstić information content (AvgIpc) is 2.55. The maximum Gasteiger partial charge on any atom is 0.404 e. The number of carbonyl (C=O) groups excluding carboxylic acids is 2. The van der Waals surface area contributed by atoms with Crippen molar-refractivity contribution in [3.63, 3.8) is 0 Å². The van der Waals surface area contributed by atoms with Crippen molar-refractivity contribution in [3.8, 4) is 11.5 Å². The molecule has 0 fully saturated rings. The maximum absolute atomic E-state index is 13.3. The van der Waals surface area contributed by atoms with Gasteiger partial charge in [-0.2, -0.15) is 8.78 Å². The van der Waals surface area contributed by atoms with Crippen molar-refractivity contribution in [2.45, 2.75) is 22.5 Å². The Balaban J connectivity index is 2.43. The molecule has 0 saturated carbocycles. The molecule has 0 aliphatic carbocycles. The molecule has 0 amide bonds. The number of carbonyl (C=O) groups is 2. The molecule has 26 heavy (non-hydrogen) atoms. The summed E-state index contributed by atoms with van der Waals surface area (Å²) in [7, 11) is 0. The lowest BCUT2D eigenvalue weighted by Gasteiger charge is -2.19. The van der Waals surface area contributed by atoms with Crippen LogP contribution in [-0.4, -0.2) is 29.4 Å². The molecule has 1 unspecified atom stereocenters. The van der Waals surface area contributed by atoms with Gasteiger partial charge in [0.05, 0.1) is 0 Å². The Morgan fingerprint density at radius 1 is 1.00 bits per heavy atom. The first-order chi connectivity index (χ1) is 11.9. The molecule has 10 heteroatoms. The summed E-state index contributed by atoms with van der Waals surface area (Å²) >= 11 is -2.06. The molecule has 0 heterocycles. The Morgan fingerprint density at radius 2 is 1.42 bits per heavy atom. The Kier molecular flexibility index (Phi) is 5.98. The molecule has 2 aromatic carbocycles. The summed E-state index contributed by atoms with van der Waals surface area (Å²) in [4.78, 5) is 23.5. The van der Waals surface area contributed by atoms with Gasteiger partial charge in [0, 0.05) is 21.9 Å². The van der Waals surface area contributed by atoms with Crippen LogP contribution in [0.4, 0.5) is 8.78 Å². The second-order valence-corrected chi connectivity index (χ2v) is 9.29. The number of esters is 2. The molecule has 140 valence electrons. The molecule has 0 N–H and O–H groups in total. The van der Waals surface area contributed by atoms with Crippen molar-refractivity contribution in [2.75, 3.05) is 0 Å². The molecule has 0 aliphatic rings. The quantitative estimate of drug-likeness (QED) is 0.207. The summed E-state index contributed by atoms with van der Waals surface area (Å²) < 4.78 is 56.5. The lowest BCUT2D eigenvalue weighted by atomic mass is 10.1. The van der Waals surface area contributed by atoms with E-state index in [-0.39, 0.29) is 16.9 Å². The number of alkyl halides is 3. The van der Waals surface area contributed by atoms with Crippen molar-refractivity contribution < 1.29 is 36.6 Å². The summed E-state index contributed by atoms with van der Waals surface area (Å²) in [5.74, 6) is -2.89. The summed E-state index contributed by atoms with van der Waals surface area (Å²) in [6, 6.07) is 8.58. The van der Waals surface area contributed by atoms with E-state index in [0.717, 1.165) is 6.07 Å². The van der Waals surface area contributed by atoms with Crippen LogP contribution in [0.2, 0.25) is 0 Å². The van der Waals surface area contributed by atoms with E-state index in [1.165, 1.54) is 12.1 Å². The van der Waals surface area contributed by atoms with E-state index in [4.69, 9.17) is 4.74 Å². The summed E-state index contributed by atoms with van der Waals surface area (Å²) in [6.45, 7) is 3.30. The average molecular weight is 497 g/mol. The van der Waals surface area contributed by atoms with Crippen molar-refractivity contribution in [1.29, 1.82) is 0 Å². The van der Waals surface area contributed by atoms with Crippen molar-refractivity contribution in [3.05, 3.63) is 36.4 Å². The molecule has 2 aromatic rings. The highest BCUT2D eigenvalue weighted by Crippen LogP contribution is 2.35. The molecule has 0 bridgehead atoms. The zero-order valence-corrected chi connectivity index (χ0v) is 16.4. The highest BCUT2D eigenvalue weighted by molar-refractivity contribution is 14.1. The van der Waals surface area contributed by atoms with Gasteiger partial charge >= 0.3 is 17.2 Å². The number of rotatable bonds is 5. The molecule has 0 aromatic heterocycles. The maximum atomic E-state index is 13.3. The predicted octanol–water partition coefficient (Wildman–Crippen LogP) is 3.34. The summed E-state index contributed by atoms with van der Waals surface area (Å²) in [6.07, 6.45) is 0. The van der Waals surface area contributed by atoms with E-state index in [1.807, 2.05) is 22.6 Å². The van der Waals surface area contributed by atoms with Gasteiger partial charge < -0.3 is 14.0 Å². The van der Waals surface area contributed by atoms with E-state index in [2.05, 4.69) is 4.74 Å². The molecule has 0 radical (unpaired) electrons. The first kappa shape index (κ1) is 20.6. The van der Waals surface area contributed by atoms with Crippen LogP contribution >= 0.6 is 22.6 Å². The fraction of sp³-hybridized carbons (Fsp3) is 0.250. The SMILES string of the molecule is CC(C)(I)C(=O)Oc1ccc(OC(=O)C(F)(F)S(=O)[O-])c2ccccc12. The van der Waals surface area contributed by atoms with Crippen LogP contribution in [0, 0.1) is 0 Å². The first-order valence-electron chi connectivity index (χ1n) is 7.07. The normalized spacial score (nSPS) is 13.3. The third-order valence-electron chi connectivity index (χ3n) is 3.18.